The van der Waals surface area contributed by atoms with Crippen LogP contribution in [-0.2, 0) is 4.79 Å². The summed E-state index contributed by atoms with van der Waals surface area (Å²) in [5, 5.41) is 2.86. The highest BCUT2D eigenvalue weighted by atomic mass is 16.5. The Bertz CT molecular complexity index is 425. The fourth-order valence-corrected chi connectivity index (χ4v) is 1.96. The molecule has 1 aromatic carbocycles. The zero-order valence-electron chi connectivity index (χ0n) is 11.8. The Hall–Kier alpha value is -1.55. The van der Waals surface area contributed by atoms with Crippen molar-refractivity contribution in [2.24, 2.45) is 5.73 Å². The number of carbonyl (C=O) groups is 1. The first-order valence-electron chi connectivity index (χ1n) is 5.97. The van der Waals surface area contributed by atoms with Gasteiger partial charge in [-0.15, -0.1) is 0 Å². The molecule has 0 fully saturated rings. The summed E-state index contributed by atoms with van der Waals surface area (Å²) in [6.45, 7) is 7.57. The molecule has 3 N–H and O–H groups in total. The van der Waals surface area contributed by atoms with Gasteiger partial charge in [0.15, 0.2) is 0 Å². The predicted molar refractivity (Wildman–Crippen MR) is 74.0 cm³/mol. The fraction of sp³-hybridized carbons (Fsp3) is 0.500. The number of nitrogens with two attached hydrogens (primary N) is 1. The van der Waals surface area contributed by atoms with Crippen LogP contribution in [0, 0.1) is 13.8 Å². The van der Waals surface area contributed by atoms with E-state index in [0.717, 1.165) is 22.6 Å². The van der Waals surface area contributed by atoms with Crippen molar-refractivity contribution in [3.05, 3.63) is 23.3 Å². The van der Waals surface area contributed by atoms with E-state index in [1.54, 1.807) is 7.11 Å². The molecule has 0 saturated carbocycles. The van der Waals surface area contributed by atoms with Crippen LogP contribution in [0.1, 0.15) is 31.4 Å². The minimum absolute atomic E-state index is 0.0773. The zero-order valence-corrected chi connectivity index (χ0v) is 11.8. The molecule has 4 nitrogen and oxygen atoms in total. The summed E-state index contributed by atoms with van der Waals surface area (Å²) in [6, 6.07) is 3.79. The Kier molecular flexibility index (Phi) is 4.35. The standard InChI is InChI=1S/C14H22N2O2/c1-9-6-11(7-10(2)13(9)18-5)16-12(17)8-14(3,4)15/h6-7H,8,15H2,1-5H3,(H,16,17). The highest BCUT2D eigenvalue weighted by molar-refractivity contribution is 5.91. The summed E-state index contributed by atoms with van der Waals surface area (Å²) < 4.78 is 5.28. The Balaban J connectivity index is 2.83. The second kappa shape index (κ2) is 5.40. The van der Waals surface area contributed by atoms with Gasteiger partial charge >= 0.3 is 0 Å². The summed E-state index contributed by atoms with van der Waals surface area (Å²) in [7, 11) is 1.64. The smallest absolute Gasteiger partial charge is 0.226 e. The summed E-state index contributed by atoms with van der Waals surface area (Å²) >= 11 is 0. The van der Waals surface area contributed by atoms with Crippen molar-refractivity contribution in [3.8, 4) is 5.75 Å². The normalized spacial score (nSPS) is 11.2. The quantitative estimate of drug-likeness (QED) is 0.862. The molecule has 1 aromatic rings. The van der Waals surface area contributed by atoms with Crippen LogP contribution in [0.15, 0.2) is 12.1 Å². The summed E-state index contributed by atoms with van der Waals surface area (Å²) in [5.41, 5.74) is 8.09. The lowest BCUT2D eigenvalue weighted by Crippen LogP contribution is -2.36. The molecule has 0 heterocycles. The van der Waals surface area contributed by atoms with E-state index in [1.807, 2.05) is 39.8 Å². The van der Waals surface area contributed by atoms with Crippen molar-refractivity contribution in [1.82, 2.24) is 0 Å². The molecule has 18 heavy (non-hydrogen) atoms. The van der Waals surface area contributed by atoms with Gasteiger partial charge in [-0.05, 0) is 51.0 Å². The average molecular weight is 250 g/mol. The van der Waals surface area contributed by atoms with E-state index in [9.17, 15) is 4.79 Å². The van der Waals surface area contributed by atoms with Crippen LogP contribution in [0.2, 0.25) is 0 Å². The highest BCUT2D eigenvalue weighted by Crippen LogP contribution is 2.26. The molecule has 0 saturated heterocycles. The van der Waals surface area contributed by atoms with Gasteiger partial charge < -0.3 is 15.8 Å². The number of carbonyl (C=O) groups excluding carboxylic acids is 1. The number of anilines is 1. The molecule has 0 spiro atoms. The number of nitrogens with one attached hydrogen (secondary N) is 1. The van der Waals surface area contributed by atoms with Gasteiger partial charge in [0, 0.05) is 17.6 Å². The Morgan fingerprint density at radius 1 is 1.33 bits per heavy atom. The Labute approximate surface area is 109 Å². The number of rotatable bonds is 4. The zero-order chi connectivity index (χ0) is 13.9. The maximum atomic E-state index is 11.8. The van der Waals surface area contributed by atoms with Crippen molar-refractivity contribution in [3.63, 3.8) is 0 Å². The maximum Gasteiger partial charge on any atom is 0.226 e. The number of benzene rings is 1. The molecule has 1 amide bonds. The molecule has 100 valence electrons. The summed E-state index contributed by atoms with van der Waals surface area (Å²) in [6.07, 6.45) is 0.289. The van der Waals surface area contributed by atoms with Gasteiger partial charge in [-0.1, -0.05) is 0 Å². The van der Waals surface area contributed by atoms with Crippen LogP contribution < -0.4 is 15.8 Å². The van der Waals surface area contributed by atoms with Gasteiger partial charge in [-0.3, -0.25) is 4.79 Å². The van der Waals surface area contributed by atoms with E-state index in [2.05, 4.69) is 5.32 Å². The maximum absolute atomic E-state index is 11.8. The number of ether oxygens (including phenoxy) is 1. The molecule has 0 unspecified atom stereocenters. The molecule has 4 heteroatoms. The third-order valence-corrected chi connectivity index (χ3v) is 2.56. The number of amides is 1. The van der Waals surface area contributed by atoms with Crippen molar-refractivity contribution in [1.29, 1.82) is 0 Å². The fourth-order valence-electron chi connectivity index (χ4n) is 1.96. The van der Waals surface area contributed by atoms with Gasteiger partial charge in [-0.25, -0.2) is 0 Å². The molecule has 0 aliphatic rings. The van der Waals surface area contributed by atoms with E-state index in [-0.39, 0.29) is 12.3 Å². The average Bonchev–Trinajstić information content (AvgIpc) is 2.13. The molecule has 0 aliphatic heterocycles. The number of methoxy groups -OCH3 is 1. The molecule has 0 aliphatic carbocycles. The lowest BCUT2D eigenvalue weighted by atomic mass is 10.0. The molecular weight excluding hydrogens is 228 g/mol. The van der Waals surface area contributed by atoms with Crippen LogP contribution in [0.3, 0.4) is 0 Å². The number of hydrogen-bond donors (Lipinski definition) is 2. The minimum Gasteiger partial charge on any atom is -0.496 e. The summed E-state index contributed by atoms with van der Waals surface area (Å²) in [5.74, 6) is 0.777. The van der Waals surface area contributed by atoms with Crippen LogP contribution >= 0.6 is 0 Å². The van der Waals surface area contributed by atoms with E-state index in [0.29, 0.717) is 0 Å². The predicted octanol–water partition coefficient (Wildman–Crippen LogP) is 2.38. The van der Waals surface area contributed by atoms with Gasteiger partial charge in [0.25, 0.3) is 0 Å². The molecule has 1 rings (SSSR count). The van der Waals surface area contributed by atoms with E-state index in [4.69, 9.17) is 10.5 Å². The first-order chi connectivity index (χ1) is 8.23. The van der Waals surface area contributed by atoms with E-state index >= 15 is 0 Å². The molecule has 0 atom stereocenters. The van der Waals surface area contributed by atoms with Crippen molar-refractivity contribution < 1.29 is 9.53 Å². The lowest BCUT2D eigenvalue weighted by molar-refractivity contribution is -0.117. The van der Waals surface area contributed by atoms with Crippen LogP contribution in [-0.4, -0.2) is 18.6 Å². The summed E-state index contributed by atoms with van der Waals surface area (Å²) in [4.78, 5) is 11.8. The first kappa shape index (κ1) is 14.5. The molecular formula is C14H22N2O2. The second-order valence-corrected chi connectivity index (χ2v) is 5.36. The van der Waals surface area contributed by atoms with Crippen molar-refractivity contribution >= 4 is 11.6 Å². The number of aryl methyl sites for hydroxylation is 2. The SMILES string of the molecule is COc1c(C)cc(NC(=O)CC(C)(C)N)cc1C. The van der Waals surface area contributed by atoms with Crippen molar-refractivity contribution in [2.45, 2.75) is 39.7 Å². The highest BCUT2D eigenvalue weighted by Gasteiger charge is 2.16. The lowest BCUT2D eigenvalue weighted by Gasteiger charge is -2.18. The number of hydrogen-bond acceptors (Lipinski definition) is 3. The third-order valence-electron chi connectivity index (χ3n) is 2.56. The van der Waals surface area contributed by atoms with E-state index in [1.165, 1.54) is 0 Å². The van der Waals surface area contributed by atoms with Gasteiger partial charge in [0.05, 0.1) is 7.11 Å². The molecule has 0 bridgehead atoms. The second-order valence-electron chi connectivity index (χ2n) is 5.36. The Morgan fingerprint density at radius 3 is 2.22 bits per heavy atom. The topological polar surface area (TPSA) is 64.3 Å². The molecule has 0 radical (unpaired) electrons. The van der Waals surface area contributed by atoms with Crippen LogP contribution in [0.4, 0.5) is 5.69 Å². The van der Waals surface area contributed by atoms with Gasteiger partial charge in [0.1, 0.15) is 5.75 Å². The monoisotopic (exact) mass is 250 g/mol. The largest absolute Gasteiger partial charge is 0.496 e. The Morgan fingerprint density at radius 2 is 1.83 bits per heavy atom. The molecule has 0 aromatic heterocycles. The third kappa shape index (κ3) is 4.04. The minimum atomic E-state index is -0.499. The van der Waals surface area contributed by atoms with Crippen LogP contribution in [0.5, 0.6) is 5.75 Å². The van der Waals surface area contributed by atoms with Gasteiger partial charge in [-0.2, -0.15) is 0 Å². The van der Waals surface area contributed by atoms with Gasteiger partial charge in [0.2, 0.25) is 5.91 Å². The van der Waals surface area contributed by atoms with Crippen molar-refractivity contribution in [2.75, 3.05) is 12.4 Å². The van der Waals surface area contributed by atoms with Crippen LogP contribution in [0.25, 0.3) is 0 Å². The van der Waals surface area contributed by atoms with E-state index < -0.39 is 5.54 Å². The first-order valence-corrected chi connectivity index (χ1v) is 5.97.